The fraction of sp³-hybridized carbons (Fsp3) is 0.500. The first-order valence-corrected chi connectivity index (χ1v) is 10.6. The van der Waals surface area contributed by atoms with Crippen molar-refractivity contribution >= 4 is 11.4 Å². The number of benzene rings is 2. The molecular weight excluding hydrogens is 369 g/mol. The van der Waals surface area contributed by atoms with E-state index in [1.807, 2.05) is 24.3 Å². The molecule has 156 valence electrons. The van der Waals surface area contributed by atoms with Gasteiger partial charge in [0.25, 0.3) is 0 Å². The lowest BCUT2D eigenvalue weighted by Crippen LogP contribution is -2.36. The van der Waals surface area contributed by atoms with Gasteiger partial charge in [-0.1, -0.05) is 19.9 Å². The molecule has 5 heteroatoms. The first kappa shape index (κ1) is 20.2. The standard InChI is InChI=1S/C24H30FNO3/c1-16(2)15-26(19-5-3-4-18(25)12-19)20-6-7-23-21(13-20)22(27)14-24(29-23)17-8-10-28-11-9-17/h3-7,12-13,16-17,22,24,27H,8-11,14-15H2,1-2H3. The average molecular weight is 400 g/mol. The molecule has 2 unspecified atom stereocenters. The van der Waals surface area contributed by atoms with Crippen molar-refractivity contribution in [3.8, 4) is 5.75 Å². The largest absolute Gasteiger partial charge is 0.490 e. The van der Waals surface area contributed by atoms with E-state index in [0.29, 0.717) is 18.3 Å². The number of nitrogens with zero attached hydrogens (tertiary/aromatic N) is 1. The third kappa shape index (κ3) is 4.57. The average Bonchev–Trinajstić information content (AvgIpc) is 2.72. The molecule has 0 saturated carbocycles. The van der Waals surface area contributed by atoms with Gasteiger partial charge in [0.1, 0.15) is 17.7 Å². The molecule has 1 saturated heterocycles. The summed E-state index contributed by atoms with van der Waals surface area (Å²) in [6.45, 7) is 6.57. The van der Waals surface area contributed by atoms with Crippen LogP contribution in [-0.2, 0) is 4.74 Å². The summed E-state index contributed by atoms with van der Waals surface area (Å²) < 4.78 is 25.6. The Kier molecular flexibility index (Phi) is 6.07. The van der Waals surface area contributed by atoms with E-state index in [2.05, 4.69) is 18.7 Å². The molecule has 4 nitrogen and oxygen atoms in total. The van der Waals surface area contributed by atoms with Gasteiger partial charge in [-0.05, 0) is 55.2 Å². The molecule has 2 aromatic carbocycles. The van der Waals surface area contributed by atoms with Gasteiger partial charge < -0.3 is 19.5 Å². The van der Waals surface area contributed by atoms with Crippen LogP contribution in [0, 0.1) is 17.7 Å². The number of fused-ring (bicyclic) bond motifs is 1. The van der Waals surface area contributed by atoms with Gasteiger partial charge in [-0.2, -0.15) is 0 Å². The molecule has 1 fully saturated rings. The Morgan fingerprint density at radius 1 is 1.10 bits per heavy atom. The molecule has 29 heavy (non-hydrogen) atoms. The highest BCUT2D eigenvalue weighted by atomic mass is 19.1. The van der Waals surface area contributed by atoms with Gasteiger partial charge in [-0.3, -0.25) is 0 Å². The Labute approximate surface area is 172 Å². The van der Waals surface area contributed by atoms with E-state index >= 15 is 0 Å². The van der Waals surface area contributed by atoms with Crippen molar-refractivity contribution in [2.45, 2.75) is 45.3 Å². The molecule has 0 amide bonds. The molecule has 0 bridgehead atoms. The fourth-order valence-electron chi connectivity index (χ4n) is 4.38. The minimum atomic E-state index is -0.556. The van der Waals surface area contributed by atoms with Crippen LogP contribution >= 0.6 is 0 Å². The van der Waals surface area contributed by atoms with Crippen molar-refractivity contribution in [2.24, 2.45) is 11.8 Å². The Bertz CT molecular complexity index is 835. The van der Waals surface area contributed by atoms with Crippen LogP contribution in [0.5, 0.6) is 5.75 Å². The predicted octanol–water partition coefficient (Wildman–Crippen LogP) is 5.23. The van der Waals surface area contributed by atoms with Crippen LogP contribution in [0.4, 0.5) is 15.8 Å². The maximum atomic E-state index is 13.8. The second kappa shape index (κ2) is 8.72. The molecule has 2 heterocycles. The van der Waals surface area contributed by atoms with Crippen molar-refractivity contribution < 1.29 is 19.0 Å². The second-order valence-electron chi connectivity index (χ2n) is 8.56. The van der Waals surface area contributed by atoms with Gasteiger partial charge in [0.15, 0.2) is 0 Å². The van der Waals surface area contributed by atoms with Crippen LogP contribution in [0.3, 0.4) is 0 Å². The minimum Gasteiger partial charge on any atom is -0.490 e. The smallest absolute Gasteiger partial charge is 0.125 e. The number of aliphatic hydroxyl groups excluding tert-OH is 1. The van der Waals surface area contributed by atoms with Crippen LogP contribution in [0.15, 0.2) is 42.5 Å². The Morgan fingerprint density at radius 3 is 2.59 bits per heavy atom. The first-order chi connectivity index (χ1) is 14.0. The summed E-state index contributed by atoms with van der Waals surface area (Å²) >= 11 is 0. The Balaban J connectivity index is 1.61. The number of halogens is 1. The van der Waals surface area contributed by atoms with Crippen LogP contribution in [0.1, 0.15) is 44.8 Å². The predicted molar refractivity (Wildman–Crippen MR) is 112 cm³/mol. The van der Waals surface area contributed by atoms with Gasteiger partial charge in [0.2, 0.25) is 0 Å². The molecule has 1 N–H and O–H groups in total. The molecule has 0 spiro atoms. The van der Waals surface area contributed by atoms with Crippen molar-refractivity contribution in [2.75, 3.05) is 24.7 Å². The maximum Gasteiger partial charge on any atom is 0.125 e. The highest BCUT2D eigenvalue weighted by molar-refractivity contribution is 5.65. The molecule has 4 rings (SSSR count). The van der Waals surface area contributed by atoms with E-state index in [0.717, 1.165) is 55.3 Å². The van der Waals surface area contributed by atoms with Gasteiger partial charge in [0.05, 0.1) is 6.10 Å². The van der Waals surface area contributed by atoms with E-state index in [-0.39, 0.29) is 11.9 Å². The highest BCUT2D eigenvalue weighted by Gasteiger charge is 2.34. The number of hydrogen-bond donors (Lipinski definition) is 1. The summed E-state index contributed by atoms with van der Waals surface area (Å²) in [5.41, 5.74) is 2.57. The normalized spacial score (nSPS) is 22.2. The minimum absolute atomic E-state index is 0.0298. The molecule has 2 aromatic rings. The molecule has 2 aliphatic rings. The van der Waals surface area contributed by atoms with Gasteiger partial charge in [-0.15, -0.1) is 0 Å². The molecular formula is C24H30FNO3. The van der Waals surface area contributed by atoms with Crippen molar-refractivity contribution in [1.82, 2.24) is 0 Å². The SMILES string of the molecule is CC(C)CN(c1cccc(F)c1)c1ccc2c(c1)C(O)CC(C1CCOCC1)O2. The van der Waals surface area contributed by atoms with E-state index < -0.39 is 6.10 Å². The summed E-state index contributed by atoms with van der Waals surface area (Å²) in [6, 6.07) is 12.6. The first-order valence-electron chi connectivity index (χ1n) is 10.6. The third-order valence-electron chi connectivity index (χ3n) is 5.86. The van der Waals surface area contributed by atoms with E-state index in [1.54, 1.807) is 12.1 Å². The Hall–Kier alpha value is -2.11. The maximum absolute atomic E-state index is 13.8. The summed E-state index contributed by atoms with van der Waals surface area (Å²) in [5.74, 6) is 1.33. The number of anilines is 2. The number of aliphatic hydroxyl groups is 1. The lowest BCUT2D eigenvalue weighted by molar-refractivity contribution is -0.0150. The molecule has 0 radical (unpaired) electrons. The molecule has 0 aliphatic carbocycles. The van der Waals surface area contributed by atoms with E-state index in [4.69, 9.17) is 9.47 Å². The van der Waals surface area contributed by atoms with Crippen LogP contribution in [0.25, 0.3) is 0 Å². The van der Waals surface area contributed by atoms with Crippen LogP contribution in [-0.4, -0.2) is 31.0 Å². The van der Waals surface area contributed by atoms with Crippen molar-refractivity contribution in [3.05, 3.63) is 53.8 Å². The van der Waals surface area contributed by atoms with E-state index in [9.17, 15) is 9.50 Å². The monoisotopic (exact) mass is 399 g/mol. The zero-order valence-electron chi connectivity index (χ0n) is 17.2. The lowest BCUT2D eigenvalue weighted by atomic mass is 9.86. The quantitative estimate of drug-likeness (QED) is 0.747. The third-order valence-corrected chi connectivity index (χ3v) is 5.86. The summed E-state index contributed by atoms with van der Waals surface area (Å²) in [7, 11) is 0. The highest BCUT2D eigenvalue weighted by Crippen LogP contribution is 2.41. The zero-order chi connectivity index (χ0) is 20.4. The number of ether oxygens (including phenoxy) is 2. The number of hydrogen-bond acceptors (Lipinski definition) is 4. The lowest BCUT2D eigenvalue weighted by Gasteiger charge is -2.37. The van der Waals surface area contributed by atoms with Gasteiger partial charge in [0, 0.05) is 49.0 Å². The van der Waals surface area contributed by atoms with E-state index in [1.165, 1.54) is 6.07 Å². The topological polar surface area (TPSA) is 41.9 Å². The summed E-state index contributed by atoms with van der Waals surface area (Å²) in [5, 5.41) is 10.9. The molecule has 2 aliphatic heterocycles. The van der Waals surface area contributed by atoms with Crippen LogP contribution < -0.4 is 9.64 Å². The van der Waals surface area contributed by atoms with Gasteiger partial charge >= 0.3 is 0 Å². The fourth-order valence-corrected chi connectivity index (χ4v) is 4.38. The summed E-state index contributed by atoms with van der Waals surface area (Å²) in [4.78, 5) is 2.10. The van der Waals surface area contributed by atoms with Crippen molar-refractivity contribution in [1.29, 1.82) is 0 Å². The Morgan fingerprint density at radius 2 is 1.86 bits per heavy atom. The van der Waals surface area contributed by atoms with Gasteiger partial charge in [-0.25, -0.2) is 4.39 Å². The molecule has 0 aromatic heterocycles. The zero-order valence-corrected chi connectivity index (χ0v) is 17.2. The van der Waals surface area contributed by atoms with Crippen molar-refractivity contribution in [3.63, 3.8) is 0 Å². The molecule has 2 atom stereocenters. The second-order valence-corrected chi connectivity index (χ2v) is 8.56. The number of rotatable bonds is 5. The summed E-state index contributed by atoms with van der Waals surface area (Å²) in [6.07, 6.45) is 2.03. The van der Waals surface area contributed by atoms with Crippen LogP contribution in [0.2, 0.25) is 0 Å².